The molecule has 0 aliphatic carbocycles. The molecule has 0 spiro atoms. The van der Waals surface area contributed by atoms with Gasteiger partial charge in [0, 0.05) is 0 Å². The maximum Gasteiger partial charge on any atom is 0.347 e. The lowest BCUT2D eigenvalue weighted by Crippen LogP contribution is -2.37. The minimum Gasteiger partial charge on any atom is -0.478 e. The molecule has 110 valence electrons. The molecule has 21 heavy (non-hydrogen) atoms. The minimum absolute atomic E-state index is 0.398. The summed E-state index contributed by atoms with van der Waals surface area (Å²) in [5.41, 5.74) is -0.689. The van der Waals surface area contributed by atoms with Crippen molar-refractivity contribution >= 4 is 5.97 Å². The summed E-state index contributed by atoms with van der Waals surface area (Å²) in [6, 6.07) is 9.12. The van der Waals surface area contributed by atoms with Crippen LogP contribution in [0.5, 0.6) is 5.75 Å². The Hall–Kier alpha value is -2.63. The summed E-state index contributed by atoms with van der Waals surface area (Å²) in [6.45, 7) is 2.92. The highest BCUT2D eigenvalue weighted by atomic mass is 16.5. The Kier molecular flexibility index (Phi) is 4.07. The zero-order chi connectivity index (χ0) is 15.5. The first-order chi connectivity index (χ1) is 9.94. The molecule has 0 aliphatic heterocycles. The van der Waals surface area contributed by atoms with Crippen LogP contribution in [-0.2, 0) is 4.79 Å². The van der Waals surface area contributed by atoms with Crippen LogP contribution in [0.1, 0.15) is 31.2 Å². The molecular weight excluding hydrogens is 274 g/mol. The molecule has 1 aromatic carbocycles. The summed E-state index contributed by atoms with van der Waals surface area (Å²) >= 11 is 0. The summed E-state index contributed by atoms with van der Waals surface area (Å²) < 4.78 is 10.6. The van der Waals surface area contributed by atoms with Gasteiger partial charge in [-0.1, -0.05) is 17.3 Å². The predicted molar refractivity (Wildman–Crippen MR) is 75.1 cm³/mol. The molecule has 0 aliphatic rings. The van der Waals surface area contributed by atoms with Crippen LogP contribution < -0.4 is 4.74 Å². The number of rotatable bonds is 6. The molecule has 2 rings (SSSR count). The van der Waals surface area contributed by atoms with E-state index in [2.05, 4.69) is 5.18 Å². The molecule has 0 amide bonds. The monoisotopic (exact) mass is 289 g/mol. The molecule has 0 radical (unpaired) electrons. The highest BCUT2D eigenvalue weighted by molar-refractivity contribution is 5.76. The van der Waals surface area contributed by atoms with Crippen LogP contribution in [0.25, 0.3) is 0 Å². The summed E-state index contributed by atoms with van der Waals surface area (Å²) in [4.78, 5) is 22.0. The van der Waals surface area contributed by atoms with Gasteiger partial charge < -0.3 is 14.3 Å². The van der Waals surface area contributed by atoms with Gasteiger partial charge in [-0.05, 0) is 43.7 Å². The van der Waals surface area contributed by atoms with E-state index in [9.17, 15) is 9.70 Å². The molecule has 0 bridgehead atoms. The van der Waals surface area contributed by atoms with Gasteiger partial charge in [0.25, 0.3) is 0 Å². The third-order valence-electron chi connectivity index (χ3n) is 3.00. The molecule has 1 unspecified atom stereocenters. The number of benzene rings is 1. The van der Waals surface area contributed by atoms with Crippen LogP contribution in [0.2, 0.25) is 0 Å². The van der Waals surface area contributed by atoms with Gasteiger partial charge in [0.1, 0.15) is 11.5 Å². The normalized spacial score (nSPS) is 12.7. The van der Waals surface area contributed by atoms with Crippen molar-refractivity contribution < 1.29 is 19.1 Å². The maximum absolute atomic E-state index is 11.0. The highest BCUT2D eigenvalue weighted by Crippen LogP contribution is 2.28. The van der Waals surface area contributed by atoms with Gasteiger partial charge in [0.05, 0.1) is 6.26 Å². The number of aliphatic carboxylic acids is 1. The van der Waals surface area contributed by atoms with Gasteiger partial charge in [-0.2, -0.15) is 0 Å². The standard InChI is InChI=1S/C15H15NO5/c1-15(2,14(17)18)21-11-7-5-10(6-8-11)13(16-19)12-4-3-9-20-12/h3-9,13H,1-2H3,(H,17,18). The van der Waals surface area contributed by atoms with Crippen molar-refractivity contribution in [3.63, 3.8) is 0 Å². The van der Waals surface area contributed by atoms with E-state index >= 15 is 0 Å². The number of carboxylic acid groups (broad SMARTS) is 1. The van der Waals surface area contributed by atoms with E-state index < -0.39 is 17.6 Å². The van der Waals surface area contributed by atoms with Crippen molar-refractivity contribution in [3.8, 4) is 5.75 Å². The molecule has 1 heterocycles. The van der Waals surface area contributed by atoms with Crippen LogP contribution in [-0.4, -0.2) is 16.7 Å². The van der Waals surface area contributed by atoms with E-state index in [1.54, 1.807) is 36.4 Å². The number of furan rings is 1. The van der Waals surface area contributed by atoms with Crippen LogP contribution in [0.3, 0.4) is 0 Å². The summed E-state index contributed by atoms with van der Waals surface area (Å²) in [5, 5.41) is 12.1. The van der Waals surface area contributed by atoms with E-state index in [1.165, 1.54) is 20.1 Å². The number of hydrogen-bond donors (Lipinski definition) is 1. The lowest BCUT2D eigenvalue weighted by molar-refractivity contribution is -0.152. The number of nitrogens with zero attached hydrogens (tertiary/aromatic N) is 1. The number of nitroso groups, excluding NO2 is 1. The van der Waals surface area contributed by atoms with Crippen LogP contribution in [0, 0.1) is 4.91 Å². The van der Waals surface area contributed by atoms with Gasteiger partial charge in [-0.3, -0.25) is 0 Å². The topological polar surface area (TPSA) is 89.1 Å². The summed E-state index contributed by atoms with van der Waals surface area (Å²) in [6.07, 6.45) is 1.47. The van der Waals surface area contributed by atoms with Gasteiger partial charge in [0.2, 0.25) is 0 Å². The molecule has 6 heteroatoms. The van der Waals surface area contributed by atoms with Crippen molar-refractivity contribution in [2.75, 3.05) is 0 Å². The average Bonchev–Trinajstić information content (AvgIpc) is 2.95. The molecule has 2 aromatic rings. The fourth-order valence-electron chi connectivity index (χ4n) is 1.78. The fraction of sp³-hybridized carbons (Fsp3) is 0.267. The van der Waals surface area contributed by atoms with E-state index in [1.807, 2.05) is 0 Å². The van der Waals surface area contributed by atoms with Gasteiger partial charge in [0.15, 0.2) is 11.6 Å². The molecule has 0 saturated carbocycles. The Morgan fingerprint density at radius 1 is 1.29 bits per heavy atom. The first kappa shape index (κ1) is 14.8. The lowest BCUT2D eigenvalue weighted by Gasteiger charge is -2.21. The first-order valence-corrected chi connectivity index (χ1v) is 6.32. The van der Waals surface area contributed by atoms with Gasteiger partial charge >= 0.3 is 5.97 Å². The van der Waals surface area contributed by atoms with Crippen molar-refractivity contribution in [1.82, 2.24) is 0 Å². The molecule has 1 aromatic heterocycles. The fourth-order valence-corrected chi connectivity index (χ4v) is 1.78. The first-order valence-electron chi connectivity index (χ1n) is 6.32. The molecule has 1 atom stereocenters. The number of carboxylic acids is 1. The molecule has 6 nitrogen and oxygen atoms in total. The lowest BCUT2D eigenvalue weighted by atomic mass is 10.1. The highest BCUT2D eigenvalue weighted by Gasteiger charge is 2.29. The predicted octanol–water partition coefficient (Wildman–Crippen LogP) is 3.38. The van der Waals surface area contributed by atoms with E-state index in [0.29, 0.717) is 17.1 Å². The second-order valence-electron chi connectivity index (χ2n) is 5.01. The molecule has 1 N–H and O–H groups in total. The number of hydrogen-bond acceptors (Lipinski definition) is 5. The Labute approximate surface area is 121 Å². The molecular formula is C15H15NO5. The Morgan fingerprint density at radius 3 is 2.43 bits per heavy atom. The number of carbonyl (C=O) groups is 1. The number of ether oxygens (including phenoxy) is 1. The van der Waals surface area contributed by atoms with Gasteiger partial charge in [-0.25, -0.2) is 4.79 Å². The van der Waals surface area contributed by atoms with Crippen molar-refractivity contribution in [3.05, 3.63) is 58.9 Å². The Morgan fingerprint density at radius 2 is 1.95 bits per heavy atom. The zero-order valence-electron chi connectivity index (χ0n) is 11.6. The van der Waals surface area contributed by atoms with E-state index in [-0.39, 0.29) is 0 Å². The summed E-state index contributed by atoms with van der Waals surface area (Å²) in [7, 11) is 0. The van der Waals surface area contributed by atoms with Crippen molar-refractivity contribution in [2.45, 2.75) is 25.5 Å². The minimum atomic E-state index is -1.33. The van der Waals surface area contributed by atoms with Gasteiger partial charge in [-0.15, -0.1) is 4.91 Å². The molecule has 0 saturated heterocycles. The average molecular weight is 289 g/mol. The summed E-state index contributed by atoms with van der Waals surface area (Å²) in [5.74, 6) is -0.214. The van der Waals surface area contributed by atoms with Crippen molar-refractivity contribution in [1.29, 1.82) is 0 Å². The van der Waals surface area contributed by atoms with Crippen LogP contribution in [0.15, 0.2) is 52.3 Å². The van der Waals surface area contributed by atoms with E-state index in [4.69, 9.17) is 14.3 Å². The van der Waals surface area contributed by atoms with Crippen molar-refractivity contribution in [2.24, 2.45) is 5.18 Å². The van der Waals surface area contributed by atoms with E-state index in [0.717, 1.165) is 0 Å². The second kappa shape index (κ2) is 5.78. The van der Waals surface area contributed by atoms with Crippen LogP contribution in [0.4, 0.5) is 0 Å². The third-order valence-corrected chi connectivity index (χ3v) is 3.00. The SMILES string of the molecule is CC(C)(Oc1ccc(C(N=O)c2ccco2)cc1)C(=O)O. The van der Waals surface area contributed by atoms with Crippen LogP contribution >= 0.6 is 0 Å². The Bertz CT molecular complexity index is 616. The molecule has 0 fully saturated rings. The smallest absolute Gasteiger partial charge is 0.347 e. The largest absolute Gasteiger partial charge is 0.478 e. The zero-order valence-corrected chi connectivity index (χ0v) is 11.6. The maximum atomic E-state index is 11.0. The quantitative estimate of drug-likeness (QED) is 0.823. The second-order valence-corrected chi connectivity index (χ2v) is 5.01. The third kappa shape index (κ3) is 3.28. The Balaban J connectivity index is 2.19.